The Hall–Kier alpha value is -1.33. The minimum absolute atomic E-state index is 0.728. The van der Waals surface area contributed by atoms with Gasteiger partial charge in [0.05, 0.1) is 11.0 Å². The molecule has 2 aromatic carbocycles. The van der Waals surface area contributed by atoms with Crippen molar-refractivity contribution in [3.8, 4) is 11.4 Å². The normalized spacial score (nSPS) is 11.0. The molecule has 0 aliphatic rings. The number of nitrogen functional groups attached to an aromatic ring is 1. The summed E-state index contributed by atoms with van der Waals surface area (Å²) in [4.78, 5) is 7.84. The van der Waals surface area contributed by atoms with Gasteiger partial charge in [-0.25, -0.2) is 4.98 Å². The molecule has 90 valence electrons. The van der Waals surface area contributed by atoms with Crippen LogP contribution in [0.4, 0.5) is 5.69 Å². The fourth-order valence-electron chi connectivity index (χ4n) is 1.83. The molecular weight excluding hydrogens is 358 g/mol. The first-order valence-corrected chi connectivity index (χ1v) is 6.93. The van der Waals surface area contributed by atoms with Crippen LogP contribution in [0.3, 0.4) is 0 Å². The molecule has 3 rings (SSSR count). The van der Waals surface area contributed by atoms with Gasteiger partial charge in [0.2, 0.25) is 0 Å². The summed E-state index contributed by atoms with van der Waals surface area (Å²) in [7, 11) is 0. The summed E-state index contributed by atoms with van der Waals surface area (Å²) in [6.45, 7) is 0. The van der Waals surface area contributed by atoms with Crippen LogP contribution in [0.1, 0.15) is 0 Å². The van der Waals surface area contributed by atoms with E-state index in [9.17, 15) is 0 Å². The summed E-state index contributed by atoms with van der Waals surface area (Å²) in [6, 6.07) is 11.6. The molecule has 0 fully saturated rings. The summed E-state index contributed by atoms with van der Waals surface area (Å²) in [5.41, 5.74) is 9.35. The number of imidazole rings is 1. The Kier molecular flexibility index (Phi) is 2.87. The number of aromatic amines is 1. The SMILES string of the molecule is Nc1ccc2nc(-c3cc(Br)ccc3Br)[nH]c2c1. The van der Waals surface area contributed by atoms with Gasteiger partial charge >= 0.3 is 0 Å². The van der Waals surface area contributed by atoms with Crippen LogP contribution in [0.2, 0.25) is 0 Å². The van der Waals surface area contributed by atoms with Crippen LogP contribution < -0.4 is 5.73 Å². The molecule has 0 amide bonds. The van der Waals surface area contributed by atoms with Gasteiger partial charge in [-0.3, -0.25) is 0 Å². The van der Waals surface area contributed by atoms with Crippen molar-refractivity contribution in [1.82, 2.24) is 9.97 Å². The average Bonchev–Trinajstić information content (AvgIpc) is 2.74. The molecule has 1 aromatic heterocycles. The van der Waals surface area contributed by atoms with Crippen LogP contribution in [0, 0.1) is 0 Å². The maximum atomic E-state index is 5.76. The van der Waals surface area contributed by atoms with E-state index in [1.54, 1.807) is 0 Å². The number of fused-ring (bicyclic) bond motifs is 1. The molecule has 5 heteroatoms. The Balaban J connectivity index is 2.22. The predicted octanol–water partition coefficient (Wildman–Crippen LogP) is 4.34. The second-order valence-electron chi connectivity index (χ2n) is 3.99. The monoisotopic (exact) mass is 365 g/mol. The van der Waals surface area contributed by atoms with Crippen molar-refractivity contribution in [2.75, 3.05) is 5.73 Å². The Morgan fingerprint density at radius 3 is 2.72 bits per heavy atom. The zero-order valence-electron chi connectivity index (χ0n) is 9.24. The number of anilines is 1. The van der Waals surface area contributed by atoms with Gasteiger partial charge in [0.1, 0.15) is 5.82 Å². The second kappa shape index (κ2) is 4.40. The van der Waals surface area contributed by atoms with Crippen molar-refractivity contribution in [2.24, 2.45) is 0 Å². The molecule has 0 spiro atoms. The zero-order chi connectivity index (χ0) is 12.7. The van der Waals surface area contributed by atoms with Crippen LogP contribution >= 0.6 is 31.9 Å². The van der Waals surface area contributed by atoms with Gasteiger partial charge < -0.3 is 10.7 Å². The number of halogens is 2. The molecule has 3 nitrogen and oxygen atoms in total. The third-order valence-electron chi connectivity index (χ3n) is 2.69. The quantitative estimate of drug-likeness (QED) is 0.629. The number of nitrogens with two attached hydrogens (primary N) is 1. The van der Waals surface area contributed by atoms with Gasteiger partial charge in [-0.15, -0.1) is 0 Å². The van der Waals surface area contributed by atoms with Crippen LogP contribution in [0.15, 0.2) is 45.3 Å². The fraction of sp³-hybridized carbons (Fsp3) is 0. The topological polar surface area (TPSA) is 54.7 Å². The van der Waals surface area contributed by atoms with Gasteiger partial charge in [-0.2, -0.15) is 0 Å². The molecule has 0 unspecified atom stereocenters. The van der Waals surface area contributed by atoms with Gasteiger partial charge in [-0.1, -0.05) is 31.9 Å². The molecule has 3 N–H and O–H groups in total. The first kappa shape index (κ1) is 11.7. The lowest BCUT2D eigenvalue weighted by Gasteiger charge is -2.01. The summed E-state index contributed by atoms with van der Waals surface area (Å²) in [5.74, 6) is 0.823. The number of nitrogens with zero attached hydrogens (tertiary/aromatic N) is 1. The van der Waals surface area contributed by atoms with E-state index in [-0.39, 0.29) is 0 Å². The van der Waals surface area contributed by atoms with E-state index in [2.05, 4.69) is 41.8 Å². The Labute approximate surface area is 121 Å². The van der Waals surface area contributed by atoms with Crippen molar-refractivity contribution in [3.05, 3.63) is 45.3 Å². The van der Waals surface area contributed by atoms with Crippen molar-refractivity contribution < 1.29 is 0 Å². The molecular formula is C13H9Br2N3. The molecule has 1 heterocycles. The maximum absolute atomic E-state index is 5.76. The summed E-state index contributed by atoms with van der Waals surface area (Å²) in [5, 5.41) is 0. The standard InChI is InChI=1S/C13H9Br2N3/c14-7-1-3-10(15)9(5-7)13-17-11-4-2-8(16)6-12(11)18-13/h1-6H,16H2,(H,17,18). The zero-order valence-corrected chi connectivity index (χ0v) is 12.4. The van der Waals surface area contributed by atoms with Crippen LogP contribution in [0.5, 0.6) is 0 Å². The van der Waals surface area contributed by atoms with Gasteiger partial charge in [-0.05, 0) is 36.4 Å². The molecule has 0 saturated carbocycles. The molecule has 3 aromatic rings. The van der Waals surface area contributed by atoms with Crippen LogP contribution in [-0.4, -0.2) is 9.97 Å². The lowest BCUT2D eigenvalue weighted by molar-refractivity contribution is 1.32. The van der Waals surface area contributed by atoms with E-state index >= 15 is 0 Å². The van der Waals surface area contributed by atoms with Gasteiger partial charge in [0.25, 0.3) is 0 Å². The lowest BCUT2D eigenvalue weighted by atomic mass is 10.2. The smallest absolute Gasteiger partial charge is 0.139 e. The number of hydrogen-bond donors (Lipinski definition) is 2. The summed E-state index contributed by atoms with van der Waals surface area (Å²) in [6.07, 6.45) is 0. The molecule has 0 aliphatic heterocycles. The number of aromatic nitrogens is 2. The van der Waals surface area contributed by atoms with Crippen molar-refractivity contribution in [2.45, 2.75) is 0 Å². The first-order chi connectivity index (χ1) is 8.63. The minimum atomic E-state index is 0.728. The minimum Gasteiger partial charge on any atom is -0.399 e. The van der Waals surface area contributed by atoms with Crippen LogP contribution in [-0.2, 0) is 0 Å². The van der Waals surface area contributed by atoms with E-state index < -0.39 is 0 Å². The number of benzene rings is 2. The van der Waals surface area contributed by atoms with E-state index in [4.69, 9.17) is 5.73 Å². The highest BCUT2D eigenvalue weighted by Crippen LogP contribution is 2.30. The van der Waals surface area contributed by atoms with Crippen molar-refractivity contribution in [1.29, 1.82) is 0 Å². The van der Waals surface area contributed by atoms with E-state index in [0.717, 1.165) is 37.1 Å². The Morgan fingerprint density at radius 1 is 1.06 bits per heavy atom. The molecule has 0 saturated heterocycles. The van der Waals surface area contributed by atoms with Crippen molar-refractivity contribution in [3.63, 3.8) is 0 Å². The first-order valence-electron chi connectivity index (χ1n) is 5.34. The largest absolute Gasteiger partial charge is 0.399 e. The predicted molar refractivity (Wildman–Crippen MR) is 81.3 cm³/mol. The Bertz CT molecular complexity index is 734. The summed E-state index contributed by atoms with van der Waals surface area (Å²) >= 11 is 7.00. The molecule has 0 bridgehead atoms. The highest BCUT2D eigenvalue weighted by atomic mass is 79.9. The fourth-order valence-corrected chi connectivity index (χ4v) is 2.63. The van der Waals surface area contributed by atoms with Gasteiger partial charge in [0.15, 0.2) is 0 Å². The second-order valence-corrected chi connectivity index (χ2v) is 5.76. The van der Waals surface area contributed by atoms with E-state index in [0.29, 0.717) is 0 Å². The highest BCUT2D eigenvalue weighted by Gasteiger charge is 2.09. The van der Waals surface area contributed by atoms with E-state index in [1.807, 2.05) is 36.4 Å². The molecule has 18 heavy (non-hydrogen) atoms. The number of H-pyrrole nitrogens is 1. The molecule has 0 radical (unpaired) electrons. The third-order valence-corrected chi connectivity index (χ3v) is 3.87. The number of nitrogens with one attached hydrogen (secondary N) is 1. The average molecular weight is 367 g/mol. The number of rotatable bonds is 1. The third kappa shape index (κ3) is 2.04. The molecule has 0 aliphatic carbocycles. The van der Waals surface area contributed by atoms with E-state index in [1.165, 1.54) is 0 Å². The Morgan fingerprint density at radius 2 is 1.89 bits per heavy atom. The van der Waals surface area contributed by atoms with Crippen LogP contribution in [0.25, 0.3) is 22.4 Å². The number of hydrogen-bond acceptors (Lipinski definition) is 2. The van der Waals surface area contributed by atoms with Gasteiger partial charge in [0, 0.05) is 20.2 Å². The lowest BCUT2D eigenvalue weighted by Crippen LogP contribution is -1.82. The summed E-state index contributed by atoms with van der Waals surface area (Å²) < 4.78 is 2.01. The highest BCUT2D eigenvalue weighted by molar-refractivity contribution is 9.11. The molecule has 0 atom stereocenters. The maximum Gasteiger partial charge on any atom is 0.139 e. The van der Waals surface area contributed by atoms with Crippen molar-refractivity contribution >= 4 is 48.6 Å².